The van der Waals surface area contributed by atoms with Gasteiger partial charge in [-0.05, 0) is 18.3 Å². The Bertz CT molecular complexity index is 649. The first-order chi connectivity index (χ1) is 7.99. The first kappa shape index (κ1) is 12.1. The van der Waals surface area contributed by atoms with Crippen LogP contribution in [0.2, 0.25) is 5.02 Å². The number of rotatable bonds is 3. The van der Waals surface area contributed by atoms with Crippen molar-refractivity contribution in [3.8, 4) is 0 Å². The number of aromatic nitrogens is 2. The Morgan fingerprint density at radius 2 is 2.29 bits per heavy atom. The van der Waals surface area contributed by atoms with Gasteiger partial charge < -0.3 is 15.3 Å². The van der Waals surface area contributed by atoms with Gasteiger partial charge in [-0.25, -0.2) is 4.39 Å². The third kappa shape index (κ3) is 2.32. The molecule has 0 fully saturated rings. The molecule has 0 atom stereocenters. The van der Waals surface area contributed by atoms with Crippen molar-refractivity contribution in [2.75, 3.05) is 0 Å². The fourth-order valence-corrected chi connectivity index (χ4v) is 2.05. The number of aryl methyl sites for hydroxylation is 1. The largest absolute Gasteiger partial charge is 0.370 e. The zero-order valence-electron chi connectivity index (χ0n) is 8.67. The molecule has 0 aliphatic heterocycles. The monoisotopic (exact) mass is 273 g/mol. The van der Waals surface area contributed by atoms with Crippen LogP contribution in [0.3, 0.4) is 0 Å². The van der Waals surface area contributed by atoms with Gasteiger partial charge in [0.05, 0.1) is 16.1 Å². The van der Waals surface area contributed by atoms with Crippen LogP contribution in [-0.4, -0.2) is 15.5 Å². The predicted molar refractivity (Wildman–Crippen MR) is 65.9 cm³/mol. The molecule has 17 heavy (non-hydrogen) atoms. The topological polar surface area (TPSA) is 63.8 Å². The Balaban J connectivity index is 2.54. The number of nitrogens with zero attached hydrogens (tertiary/aromatic N) is 1. The number of carbonyl (C=O) groups excluding carboxylic acids is 1. The van der Waals surface area contributed by atoms with E-state index in [4.69, 9.17) is 29.6 Å². The van der Waals surface area contributed by atoms with Gasteiger partial charge in [0.25, 0.3) is 0 Å². The first-order valence-corrected chi connectivity index (χ1v) is 5.63. The fraction of sp³-hybridized carbons (Fsp3) is 0.200. The molecule has 0 bridgehead atoms. The third-order valence-corrected chi connectivity index (χ3v) is 3.01. The number of H-pyrrole nitrogens is 1. The molecule has 90 valence electrons. The van der Waals surface area contributed by atoms with Crippen LogP contribution in [0.1, 0.15) is 6.42 Å². The average Bonchev–Trinajstić information content (AvgIpc) is 2.52. The van der Waals surface area contributed by atoms with Crippen LogP contribution in [0.5, 0.6) is 0 Å². The maximum absolute atomic E-state index is 13.2. The van der Waals surface area contributed by atoms with Crippen molar-refractivity contribution in [2.24, 2.45) is 5.73 Å². The van der Waals surface area contributed by atoms with Gasteiger partial charge in [-0.3, -0.25) is 4.79 Å². The maximum Gasteiger partial charge on any atom is 0.219 e. The molecule has 1 aromatic heterocycles. The third-order valence-electron chi connectivity index (χ3n) is 2.40. The number of amides is 1. The van der Waals surface area contributed by atoms with E-state index in [9.17, 15) is 9.18 Å². The van der Waals surface area contributed by atoms with E-state index in [0.717, 1.165) is 0 Å². The minimum Gasteiger partial charge on any atom is -0.370 e. The highest BCUT2D eigenvalue weighted by Crippen LogP contribution is 2.22. The van der Waals surface area contributed by atoms with Crippen LogP contribution in [-0.2, 0) is 11.3 Å². The second-order valence-electron chi connectivity index (χ2n) is 3.58. The van der Waals surface area contributed by atoms with Gasteiger partial charge in [0.1, 0.15) is 5.82 Å². The zero-order chi connectivity index (χ0) is 12.6. The van der Waals surface area contributed by atoms with E-state index in [2.05, 4.69) is 4.98 Å². The van der Waals surface area contributed by atoms with Gasteiger partial charge in [0.2, 0.25) is 5.91 Å². The number of carbonyl (C=O) groups is 1. The lowest BCUT2D eigenvalue weighted by Crippen LogP contribution is -2.13. The summed E-state index contributed by atoms with van der Waals surface area (Å²) in [7, 11) is 0. The van der Waals surface area contributed by atoms with Crippen molar-refractivity contribution in [1.29, 1.82) is 0 Å². The van der Waals surface area contributed by atoms with Crippen molar-refractivity contribution in [1.82, 2.24) is 9.55 Å². The minimum atomic E-state index is -0.516. The molecule has 0 radical (unpaired) electrons. The molecule has 3 N–H and O–H groups in total. The SMILES string of the molecule is NC(=O)CCn1c(=S)[nH]c2cc(F)c(Cl)cc21. The highest BCUT2D eigenvalue weighted by molar-refractivity contribution is 7.71. The maximum atomic E-state index is 13.2. The Labute approximate surface area is 106 Å². The van der Waals surface area contributed by atoms with Crippen LogP contribution < -0.4 is 5.73 Å². The lowest BCUT2D eigenvalue weighted by molar-refractivity contribution is -0.118. The Morgan fingerprint density at radius 1 is 1.59 bits per heavy atom. The van der Waals surface area contributed by atoms with Crippen molar-refractivity contribution in [3.63, 3.8) is 0 Å². The number of imidazole rings is 1. The quantitative estimate of drug-likeness (QED) is 0.843. The molecule has 0 saturated heterocycles. The number of nitrogens with two attached hydrogens (primary N) is 1. The van der Waals surface area contributed by atoms with Crippen molar-refractivity contribution < 1.29 is 9.18 Å². The van der Waals surface area contributed by atoms with Crippen molar-refractivity contribution in [3.05, 3.63) is 27.7 Å². The Kier molecular flexibility index (Phi) is 3.17. The normalized spacial score (nSPS) is 10.9. The number of primary amides is 1. The molecule has 0 saturated carbocycles. The summed E-state index contributed by atoms with van der Waals surface area (Å²) in [6.07, 6.45) is 0.163. The summed E-state index contributed by atoms with van der Waals surface area (Å²) in [5, 5.41) is 0.0133. The van der Waals surface area contributed by atoms with E-state index in [1.165, 1.54) is 12.1 Å². The number of hydrogen-bond acceptors (Lipinski definition) is 2. The standard InChI is InChI=1S/C10H9ClFN3OS/c11-5-3-8-7(4-6(5)12)14-10(17)15(8)2-1-9(13)16/h3-4H,1-2H2,(H2,13,16)(H,14,17). The Morgan fingerprint density at radius 3 is 2.94 bits per heavy atom. The van der Waals surface area contributed by atoms with E-state index in [-0.39, 0.29) is 11.4 Å². The second kappa shape index (κ2) is 4.46. The van der Waals surface area contributed by atoms with E-state index in [1.807, 2.05) is 0 Å². The van der Waals surface area contributed by atoms with E-state index < -0.39 is 11.7 Å². The van der Waals surface area contributed by atoms with Crippen LogP contribution in [0, 0.1) is 10.6 Å². The summed E-state index contributed by atoms with van der Waals surface area (Å²) in [5.41, 5.74) is 6.27. The fourth-order valence-electron chi connectivity index (χ4n) is 1.60. The highest BCUT2D eigenvalue weighted by atomic mass is 35.5. The van der Waals surface area contributed by atoms with Crippen molar-refractivity contribution in [2.45, 2.75) is 13.0 Å². The molecule has 1 amide bonds. The van der Waals surface area contributed by atoms with Crippen LogP contribution in [0.15, 0.2) is 12.1 Å². The van der Waals surface area contributed by atoms with Gasteiger partial charge >= 0.3 is 0 Å². The number of nitrogens with one attached hydrogen (secondary N) is 1. The molecular formula is C10H9ClFN3OS. The molecule has 0 aliphatic rings. The molecular weight excluding hydrogens is 265 g/mol. The van der Waals surface area contributed by atoms with E-state index >= 15 is 0 Å². The van der Waals surface area contributed by atoms with Crippen LogP contribution >= 0.6 is 23.8 Å². The van der Waals surface area contributed by atoms with E-state index in [0.29, 0.717) is 22.3 Å². The molecule has 1 aromatic carbocycles. The number of fused-ring (bicyclic) bond motifs is 1. The van der Waals surface area contributed by atoms with Crippen LogP contribution in [0.25, 0.3) is 11.0 Å². The van der Waals surface area contributed by atoms with Gasteiger partial charge in [0, 0.05) is 19.0 Å². The molecule has 1 heterocycles. The molecule has 4 nitrogen and oxygen atoms in total. The second-order valence-corrected chi connectivity index (χ2v) is 4.38. The summed E-state index contributed by atoms with van der Waals surface area (Å²) >= 11 is 10.8. The summed E-state index contributed by atoms with van der Waals surface area (Å²) in [6.45, 7) is 0.343. The number of benzene rings is 1. The first-order valence-electron chi connectivity index (χ1n) is 4.85. The molecule has 2 rings (SSSR count). The van der Waals surface area contributed by atoms with Gasteiger partial charge in [-0.2, -0.15) is 0 Å². The lowest BCUT2D eigenvalue weighted by Gasteiger charge is -2.02. The minimum absolute atomic E-state index is 0.0133. The summed E-state index contributed by atoms with van der Waals surface area (Å²) in [4.78, 5) is 13.6. The zero-order valence-corrected chi connectivity index (χ0v) is 10.2. The van der Waals surface area contributed by atoms with Gasteiger partial charge in [-0.15, -0.1) is 0 Å². The average molecular weight is 274 g/mol. The molecule has 0 aliphatic carbocycles. The number of halogens is 2. The molecule has 0 spiro atoms. The summed E-state index contributed by atoms with van der Waals surface area (Å²) in [5.74, 6) is -0.938. The van der Waals surface area contributed by atoms with Crippen LogP contribution in [0.4, 0.5) is 4.39 Å². The summed E-state index contributed by atoms with van der Waals surface area (Å²) < 4.78 is 15.3. The van der Waals surface area contributed by atoms with Crippen molar-refractivity contribution >= 4 is 40.8 Å². The molecule has 7 heteroatoms. The van der Waals surface area contributed by atoms with Gasteiger partial charge in [-0.1, -0.05) is 11.6 Å². The number of hydrogen-bond donors (Lipinski definition) is 2. The molecule has 2 aromatic rings. The number of aromatic amines is 1. The molecule has 0 unspecified atom stereocenters. The lowest BCUT2D eigenvalue weighted by atomic mass is 10.3. The highest BCUT2D eigenvalue weighted by Gasteiger charge is 2.09. The smallest absolute Gasteiger partial charge is 0.219 e. The summed E-state index contributed by atoms with van der Waals surface area (Å²) in [6, 6.07) is 2.74. The van der Waals surface area contributed by atoms with Gasteiger partial charge in [0.15, 0.2) is 4.77 Å². The predicted octanol–water partition coefficient (Wildman–Crippen LogP) is 2.37. The van der Waals surface area contributed by atoms with E-state index in [1.54, 1.807) is 4.57 Å². The Hall–Kier alpha value is -1.40.